The molecule has 0 unspecified atom stereocenters. The second kappa shape index (κ2) is 5.75. The van der Waals surface area contributed by atoms with Crippen molar-refractivity contribution in [3.8, 4) is 5.88 Å². The maximum atomic E-state index is 12.1. The fourth-order valence-electron chi connectivity index (χ4n) is 1.59. The number of hydrogen-bond acceptors (Lipinski definition) is 5. The summed E-state index contributed by atoms with van der Waals surface area (Å²) >= 11 is 5.81. The van der Waals surface area contributed by atoms with Crippen LogP contribution < -0.4 is 15.8 Å². The minimum Gasteiger partial charge on any atom is -0.481 e. The van der Waals surface area contributed by atoms with E-state index in [1.165, 1.54) is 13.2 Å². The average molecular weight is 293 g/mol. The Morgan fingerprint density at radius 2 is 2.10 bits per heavy atom. The minimum atomic E-state index is -0.407. The third kappa shape index (κ3) is 3.16. The number of nitrogen functional groups attached to an aromatic ring is 1. The highest BCUT2D eigenvalue weighted by atomic mass is 35.5. The zero-order chi connectivity index (χ0) is 14.7. The largest absolute Gasteiger partial charge is 0.481 e. The third-order valence-corrected chi connectivity index (χ3v) is 2.75. The molecule has 0 aliphatic heterocycles. The Bertz CT molecular complexity index is 661. The molecule has 0 atom stereocenters. The van der Waals surface area contributed by atoms with Gasteiger partial charge in [0.05, 0.1) is 12.7 Å². The van der Waals surface area contributed by atoms with Crippen molar-refractivity contribution < 1.29 is 9.53 Å². The summed E-state index contributed by atoms with van der Waals surface area (Å²) in [4.78, 5) is 20.0. The summed E-state index contributed by atoms with van der Waals surface area (Å²) in [5.74, 6) is -0.0895. The Morgan fingerprint density at radius 3 is 2.80 bits per heavy atom. The van der Waals surface area contributed by atoms with E-state index in [4.69, 9.17) is 22.1 Å². The van der Waals surface area contributed by atoms with Gasteiger partial charge in [-0.2, -0.15) is 4.98 Å². The second-order valence-electron chi connectivity index (χ2n) is 4.10. The average Bonchev–Trinajstić information content (AvgIpc) is 2.40. The van der Waals surface area contributed by atoms with E-state index in [0.29, 0.717) is 11.3 Å². The van der Waals surface area contributed by atoms with E-state index in [0.717, 1.165) is 5.56 Å². The topological polar surface area (TPSA) is 90.1 Å². The lowest BCUT2D eigenvalue weighted by atomic mass is 10.1. The maximum absolute atomic E-state index is 12.1. The number of aryl methyl sites for hydroxylation is 1. The molecular weight excluding hydrogens is 280 g/mol. The van der Waals surface area contributed by atoms with Crippen molar-refractivity contribution in [2.75, 3.05) is 18.2 Å². The monoisotopic (exact) mass is 292 g/mol. The first-order chi connectivity index (χ1) is 9.49. The van der Waals surface area contributed by atoms with Crippen molar-refractivity contribution in [3.05, 3.63) is 40.5 Å². The first-order valence-electron chi connectivity index (χ1n) is 5.75. The van der Waals surface area contributed by atoms with E-state index in [1.807, 2.05) is 13.0 Å². The molecule has 0 saturated heterocycles. The molecular formula is C13H13ClN4O2. The smallest absolute Gasteiger partial charge is 0.260 e. The van der Waals surface area contributed by atoms with Crippen molar-refractivity contribution in [2.24, 2.45) is 0 Å². The first-order valence-corrected chi connectivity index (χ1v) is 6.13. The standard InChI is InChI=1S/C13H13ClN4O2/c1-7-3-4-9(15)8(5-7)12(19)18-13-16-10(14)6-11(17-13)20-2/h3-6H,15H2,1-2H3,(H,16,17,18,19). The van der Waals surface area contributed by atoms with Crippen molar-refractivity contribution in [3.63, 3.8) is 0 Å². The summed E-state index contributed by atoms with van der Waals surface area (Å²) < 4.78 is 4.95. The molecule has 0 radical (unpaired) electrons. The number of hydrogen-bond donors (Lipinski definition) is 2. The fraction of sp³-hybridized carbons (Fsp3) is 0.154. The lowest BCUT2D eigenvalue weighted by molar-refractivity contribution is 0.102. The van der Waals surface area contributed by atoms with Crippen LogP contribution in [-0.2, 0) is 0 Å². The van der Waals surface area contributed by atoms with E-state index in [9.17, 15) is 4.79 Å². The number of anilines is 2. The van der Waals surface area contributed by atoms with Gasteiger partial charge in [-0.05, 0) is 19.1 Å². The second-order valence-corrected chi connectivity index (χ2v) is 4.49. The van der Waals surface area contributed by atoms with Crippen molar-refractivity contribution in [1.29, 1.82) is 0 Å². The van der Waals surface area contributed by atoms with Gasteiger partial charge in [-0.1, -0.05) is 23.2 Å². The number of aromatic nitrogens is 2. The van der Waals surface area contributed by atoms with Crippen LogP contribution in [0.1, 0.15) is 15.9 Å². The van der Waals surface area contributed by atoms with Crippen LogP contribution >= 0.6 is 11.6 Å². The zero-order valence-electron chi connectivity index (χ0n) is 11.0. The maximum Gasteiger partial charge on any atom is 0.260 e. The number of nitrogens with one attached hydrogen (secondary N) is 1. The Balaban J connectivity index is 2.27. The molecule has 0 fully saturated rings. The number of ether oxygens (including phenoxy) is 1. The number of halogens is 1. The summed E-state index contributed by atoms with van der Waals surface area (Å²) in [6, 6.07) is 6.62. The quantitative estimate of drug-likeness (QED) is 0.669. The molecule has 6 nitrogen and oxygen atoms in total. The van der Waals surface area contributed by atoms with Crippen molar-refractivity contribution >= 4 is 29.1 Å². The van der Waals surface area contributed by atoms with Gasteiger partial charge >= 0.3 is 0 Å². The molecule has 3 N–H and O–H groups in total. The van der Waals surface area contributed by atoms with Gasteiger partial charge in [0.15, 0.2) is 0 Å². The third-order valence-electron chi connectivity index (χ3n) is 2.56. The minimum absolute atomic E-state index is 0.0558. The van der Waals surface area contributed by atoms with Crippen molar-refractivity contribution in [1.82, 2.24) is 9.97 Å². The lowest BCUT2D eigenvalue weighted by Gasteiger charge is -2.08. The number of carbonyl (C=O) groups excluding carboxylic acids is 1. The highest BCUT2D eigenvalue weighted by Crippen LogP contribution is 2.18. The molecule has 2 rings (SSSR count). The Labute approximate surface area is 120 Å². The van der Waals surface area contributed by atoms with Gasteiger partial charge in [0.2, 0.25) is 11.8 Å². The predicted octanol–water partition coefficient (Wildman–Crippen LogP) is 2.28. The fourth-order valence-corrected chi connectivity index (χ4v) is 1.77. The highest BCUT2D eigenvalue weighted by Gasteiger charge is 2.13. The van der Waals surface area contributed by atoms with Gasteiger partial charge < -0.3 is 10.5 Å². The number of amides is 1. The number of nitrogens with zero attached hydrogens (tertiary/aromatic N) is 2. The van der Waals surface area contributed by atoms with Gasteiger partial charge in [0.1, 0.15) is 5.15 Å². The van der Waals surface area contributed by atoms with Gasteiger partial charge in [0, 0.05) is 11.8 Å². The number of methoxy groups -OCH3 is 1. The molecule has 0 aliphatic rings. The number of carbonyl (C=O) groups is 1. The predicted molar refractivity (Wildman–Crippen MR) is 77.1 cm³/mol. The number of rotatable bonds is 3. The van der Waals surface area contributed by atoms with E-state index >= 15 is 0 Å². The van der Waals surface area contributed by atoms with E-state index in [1.54, 1.807) is 12.1 Å². The summed E-state index contributed by atoms with van der Waals surface area (Å²) in [5.41, 5.74) is 7.43. The summed E-state index contributed by atoms with van der Waals surface area (Å²) in [6.07, 6.45) is 0. The molecule has 2 aromatic rings. The summed E-state index contributed by atoms with van der Waals surface area (Å²) in [6.45, 7) is 1.87. The molecule has 1 amide bonds. The number of benzene rings is 1. The molecule has 7 heteroatoms. The van der Waals surface area contributed by atoms with Crippen LogP contribution in [0, 0.1) is 6.92 Å². The molecule has 0 spiro atoms. The number of nitrogens with two attached hydrogens (primary N) is 1. The normalized spacial score (nSPS) is 10.2. The van der Waals surface area contributed by atoms with Gasteiger partial charge in [-0.3, -0.25) is 10.1 Å². The van der Waals surface area contributed by atoms with Crippen LogP contribution in [0.25, 0.3) is 0 Å². The van der Waals surface area contributed by atoms with Crippen LogP contribution in [0.3, 0.4) is 0 Å². The zero-order valence-corrected chi connectivity index (χ0v) is 11.7. The molecule has 0 aliphatic carbocycles. The summed E-state index contributed by atoms with van der Waals surface area (Å²) in [5, 5.41) is 2.71. The van der Waals surface area contributed by atoms with Crippen LogP contribution in [-0.4, -0.2) is 23.0 Å². The first kappa shape index (κ1) is 14.1. The van der Waals surface area contributed by atoms with Gasteiger partial charge in [-0.15, -0.1) is 0 Å². The van der Waals surface area contributed by atoms with Crippen molar-refractivity contribution in [2.45, 2.75) is 6.92 Å². The van der Waals surface area contributed by atoms with E-state index in [-0.39, 0.29) is 17.0 Å². The van der Waals surface area contributed by atoms with Crippen LogP contribution in [0.4, 0.5) is 11.6 Å². The Hall–Kier alpha value is -2.34. The molecule has 0 bridgehead atoms. The molecule has 1 aromatic heterocycles. The molecule has 20 heavy (non-hydrogen) atoms. The Kier molecular flexibility index (Phi) is 4.05. The molecule has 104 valence electrons. The molecule has 0 saturated carbocycles. The summed E-state index contributed by atoms with van der Waals surface area (Å²) in [7, 11) is 1.45. The van der Waals surface area contributed by atoms with Crippen LogP contribution in [0.15, 0.2) is 24.3 Å². The lowest BCUT2D eigenvalue weighted by Crippen LogP contribution is -2.16. The van der Waals surface area contributed by atoms with Gasteiger partial charge in [-0.25, -0.2) is 4.98 Å². The van der Waals surface area contributed by atoms with Crippen LogP contribution in [0.5, 0.6) is 5.88 Å². The van der Waals surface area contributed by atoms with E-state index < -0.39 is 5.91 Å². The Morgan fingerprint density at radius 1 is 1.35 bits per heavy atom. The van der Waals surface area contributed by atoms with E-state index in [2.05, 4.69) is 15.3 Å². The molecule has 1 aromatic carbocycles. The van der Waals surface area contributed by atoms with Crippen LogP contribution in [0.2, 0.25) is 5.15 Å². The van der Waals surface area contributed by atoms with Gasteiger partial charge in [0.25, 0.3) is 5.91 Å². The highest BCUT2D eigenvalue weighted by molar-refractivity contribution is 6.29. The SMILES string of the molecule is COc1cc(Cl)nc(NC(=O)c2cc(C)ccc2N)n1. The molecule has 1 heterocycles.